The fourth-order valence-corrected chi connectivity index (χ4v) is 5.89. The fourth-order valence-electron chi connectivity index (χ4n) is 5.89. The van der Waals surface area contributed by atoms with Gasteiger partial charge in [-0.15, -0.1) is 0 Å². The second-order valence-corrected chi connectivity index (χ2v) is 12.7. The topological polar surface area (TPSA) is 94.3 Å². The maximum atomic E-state index is 14.3. The van der Waals surface area contributed by atoms with Gasteiger partial charge in [0.05, 0.1) is 23.0 Å². The molecule has 0 atom stereocenters. The molecule has 244 valence electrons. The highest BCUT2D eigenvalue weighted by Gasteiger charge is 2.34. The average Bonchev–Trinajstić information content (AvgIpc) is 3.36. The Hall–Kier alpha value is -4.85. The highest BCUT2D eigenvalue weighted by molar-refractivity contribution is 6.11. The largest absolute Gasteiger partial charge is 0.487 e. The minimum atomic E-state index is -1.12. The Morgan fingerprint density at radius 3 is 2.23 bits per heavy atom. The van der Waals surface area contributed by atoms with E-state index in [4.69, 9.17) is 4.74 Å². The number of Topliss-reactive ketones (excluding diaryl/α,β-unsaturated/α-hetero) is 1. The van der Waals surface area contributed by atoms with Crippen molar-refractivity contribution in [1.82, 2.24) is 14.5 Å². The molecule has 2 aromatic carbocycles. The maximum absolute atomic E-state index is 14.3. The number of benzene rings is 2. The van der Waals surface area contributed by atoms with Crippen LogP contribution >= 0.6 is 0 Å². The van der Waals surface area contributed by atoms with Gasteiger partial charge in [-0.05, 0) is 80.6 Å². The van der Waals surface area contributed by atoms with Crippen molar-refractivity contribution in [3.63, 3.8) is 0 Å². The van der Waals surface area contributed by atoms with E-state index in [1.54, 1.807) is 19.9 Å². The molecule has 0 aliphatic carbocycles. The molecule has 7 nitrogen and oxygen atoms in total. The third-order valence-corrected chi connectivity index (χ3v) is 8.93. The first-order chi connectivity index (χ1) is 22.5. The van der Waals surface area contributed by atoms with E-state index in [0.29, 0.717) is 42.1 Å². The summed E-state index contributed by atoms with van der Waals surface area (Å²) in [5.41, 5.74) is 5.40. The van der Waals surface area contributed by atoms with Crippen molar-refractivity contribution < 1.29 is 23.8 Å². The van der Waals surface area contributed by atoms with Crippen molar-refractivity contribution in [1.29, 1.82) is 0 Å². The molecule has 5 aromatic rings. The number of nitrogens with zero attached hydrogens (tertiary/aromatic N) is 3. The summed E-state index contributed by atoms with van der Waals surface area (Å²) in [6.45, 7) is 10.2. The number of carbonyl (C=O) groups excluding carboxylic acids is 1. The van der Waals surface area contributed by atoms with E-state index in [1.807, 2.05) is 74.6 Å². The van der Waals surface area contributed by atoms with Crippen molar-refractivity contribution >= 4 is 22.7 Å². The first-order valence-corrected chi connectivity index (χ1v) is 16.2. The van der Waals surface area contributed by atoms with Gasteiger partial charge in [-0.1, -0.05) is 51.1 Å². The smallest absolute Gasteiger partial charge is 0.309 e. The van der Waals surface area contributed by atoms with Crippen molar-refractivity contribution in [2.75, 3.05) is 0 Å². The molecule has 5 rings (SSSR count). The Balaban J connectivity index is 1.60. The van der Waals surface area contributed by atoms with E-state index in [1.165, 1.54) is 12.3 Å². The Morgan fingerprint density at radius 1 is 0.915 bits per heavy atom. The predicted molar refractivity (Wildman–Crippen MR) is 182 cm³/mol. The lowest BCUT2D eigenvalue weighted by molar-refractivity contribution is -0.146. The lowest BCUT2D eigenvalue weighted by Crippen LogP contribution is -2.29. The van der Waals surface area contributed by atoms with Crippen LogP contribution in [-0.4, -0.2) is 31.4 Å². The van der Waals surface area contributed by atoms with E-state index >= 15 is 0 Å². The number of aryl methyl sites for hydroxylation is 1. The van der Waals surface area contributed by atoms with Gasteiger partial charge in [0.25, 0.3) is 0 Å². The first kappa shape index (κ1) is 33.5. The van der Waals surface area contributed by atoms with Gasteiger partial charge < -0.3 is 14.4 Å². The summed E-state index contributed by atoms with van der Waals surface area (Å²) in [5, 5.41) is 10.9. The molecule has 0 fully saturated rings. The van der Waals surface area contributed by atoms with Gasteiger partial charge in [0.1, 0.15) is 18.2 Å². The molecule has 8 heteroatoms. The molecule has 1 N–H and O–H groups in total. The number of ketones is 1. The minimum absolute atomic E-state index is 0.0154. The minimum Gasteiger partial charge on any atom is -0.487 e. The predicted octanol–water partition coefficient (Wildman–Crippen LogP) is 8.70. The molecule has 0 saturated heterocycles. The summed E-state index contributed by atoms with van der Waals surface area (Å²) in [6, 6.07) is 20.6. The molecule has 3 aromatic heterocycles. The number of hydrogen-bond donors (Lipinski definition) is 1. The molecular formula is C39H42FN3O4. The van der Waals surface area contributed by atoms with E-state index in [0.717, 1.165) is 39.7 Å². The highest BCUT2D eigenvalue weighted by atomic mass is 19.1. The Labute approximate surface area is 275 Å². The van der Waals surface area contributed by atoms with Crippen LogP contribution in [0.25, 0.3) is 22.2 Å². The first-order valence-electron chi connectivity index (χ1n) is 16.2. The molecule has 0 unspecified atom stereocenters. The second-order valence-electron chi connectivity index (χ2n) is 12.7. The highest BCUT2D eigenvalue weighted by Crippen LogP contribution is 2.37. The average molecular weight is 636 g/mol. The van der Waals surface area contributed by atoms with Crippen LogP contribution in [0.1, 0.15) is 80.3 Å². The lowest BCUT2D eigenvalue weighted by Gasteiger charge is -2.23. The van der Waals surface area contributed by atoms with Gasteiger partial charge in [-0.25, -0.2) is 4.39 Å². The molecular weight excluding hydrogens is 593 g/mol. The summed E-state index contributed by atoms with van der Waals surface area (Å²) in [7, 11) is 0. The summed E-state index contributed by atoms with van der Waals surface area (Å²) in [5.74, 6) is -0.904. The van der Waals surface area contributed by atoms with Gasteiger partial charge >= 0.3 is 5.97 Å². The van der Waals surface area contributed by atoms with Crippen molar-refractivity contribution in [2.45, 2.75) is 73.5 Å². The number of halogens is 1. The molecule has 0 spiro atoms. The maximum Gasteiger partial charge on any atom is 0.309 e. The summed E-state index contributed by atoms with van der Waals surface area (Å²) in [6.07, 6.45) is 5.48. The van der Waals surface area contributed by atoms with E-state index in [2.05, 4.69) is 21.5 Å². The number of ether oxygens (including phenoxy) is 1. The zero-order valence-electron chi connectivity index (χ0n) is 27.7. The number of aromatic nitrogens is 3. The molecule has 0 amide bonds. The molecule has 0 aliphatic heterocycles. The molecule has 3 heterocycles. The zero-order valence-corrected chi connectivity index (χ0v) is 27.7. The number of carboxylic acids is 1. The summed E-state index contributed by atoms with van der Waals surface area (Å²) in [4.78, 5) is 35.4. The third kappa shape index (κ3) is 7.43. The van der Waals surface area contributed by atoms with Gasteiger partial charge in [-0.3, -0.25) is 19.6 Å². The summed E-state index contributed by atoms with van der Waals surface area (Å²) >= 11 is 0. The molecule has 0 aliphatic rings. The molecule has 0 saturated carbocycles. The number of fused-ring (bicyclic) bond motifs is 1. The van der Waals surface area contributed by atoms with Crippen LogP contribution in [0, 0.1) is 17.2 Å². The third-order valence-electron chi connectivity index (χ3n) is 8.93. The van der Waals surface area contributed by atoms with Crippen LogP contribution in [0.3, 0.4) is 0 Å². The monoisotopic (exact) mass is 635 g/mol. The Kier molecular flexibility index (Phi) is 10.2. The molecule has 0 bridgehead atoms. The Morgan fingerprint density at radius 2 is 1.64 bits per heavy atom. The SMILES string of the molecule is CCc1ccc(COc2ccc3c(c2)c(C(=O)C(CC)CC)c(CC(C)(C)C(=O)O)n3Cc2ccc(-c3ccc(F)cn3)cc2)nc1. The van der Waals surface area contributed by atoms with E-state index in [-0.39, 0.29) is 24.7 Å². The van der Waals surface area contributed by atoms with E-state index in [9.17, 15) is 19.1 Å². The number of hydrogen-bond acceptors (Lipinski definition) is 5. The van der Waals surface area contributed by atoms with Crippen LogP contribution in [0.5, 0.6) is 5.75 Å². The van der Waals surface area contributed by atoms with E-state index < -0.39 is 17.2 Å². The number of carbonyl (C=O) groups is 2. The van der Waals surface area contributed by atoms with Crippen LogP contribution in [0.4, 0.5) is 4.39 Å². The standard InChI is InChI=1S/C39H42FN3O4/c1-6-25-11-15-30(41-21-25)24-47-31-16-18-34-32(19-31)36(37(44)27(7-2)8-3)35(20-39(4,5)38(45)46)43(34)23-26-9-12-28(13-10-26)33-17-14-29(40)22-42-33/h9-19,21-22,27H,6-8,20,23-24H2,1-5H3,(H,45,46). The second kappa shape index (κ2) is 14.3. The van der Waals surface area contributed by atoms with Crippen LogP contribution in [0.15, 0.2) is 79.1 Å². The number of aliphatic carboxylic acids is 1. The van der Waals surface area contributed by atoms with Crippen LogP contribution in [0.2, 0.25) is 0 Å². The fraction of sp³-hybridized carbons (Fsp3) is 0.333. The van der Waals surface area contributed by atoms with Gasteiger partial charge in [0, 0.05) is 52.8 Å². The van der Waals surface area contributed by atoms with Crippen LogP contribution < -0.4 is 4.74 Å². The van der Waals surface area contributed by atoms with Crippen molar-refractivity contribution in [3.05, 3.63) is 113 Å². The van der Waals surface area contributed by atoms with Crippen LogP contribution in [-0.2, 0) is 30.8 Å². The normalized spacial score (nSPS) is 11.7. The lowest BCUT2D eigenvalue weighted by atomic mass is 9.84. The molecule has 47 heavy (non-hydrogen) atoms. The summed E-state index contributed by atoms with van der Waals surface area (Å²) < 4.78 is 21.7. The van der Waals surface area contributed by atoms with Crippen molar-refractivity contribution in [2.24, 2.45) is 11.3 Å². The quantitative estimate of drug-likeness (QED) is 0.123. The van der Waals surface area contributed by atoms with Gasteiger partial charge in [0.2, 0.25) is 0 Å². The number of pyridine rings is 2. The van der Waals surface area contributed by atoms with Gasteiger partial charge in [-0.2, -0.15) is 0 Å². The number of carboxylic acid groups (broad SMARTS) is 1. The van der Waals surface area contributed by atoms with Gasteiger partial charge in [0.15, 0.2) is 5.78 Å². The Bertz CT molecular complexity index is 1860. The zero-order chi connectivity index (χ0) is 33.7. The number of rotatable bonds is 14. The molecule has 0 radical (unpaired) electrons. The van der Waals surface area contributed by atoms with Crippen molar-refractivity contribution in [3.8, 4) is 17.0 Å².